The Hall–Kier alpha value is -1.89. The predicted molar refractivity (Wildman–Crippen MR) is 71.0 cm³/mol. The normalized spacial score (nSPS) is 11.9. The Bertz CT molecular complexity index is 406. The van der Waals surface area contributed by atoms with Crippen molar-refractivity contribution in [2.75, 3.05) is 39.1 Å². The molecule has 18 heavy (non-hydrogen) atoms. The van der Waals surface area contributed by atoms with E-state index in [0.29, 0.717) is 11.5 Å². The molecule has 3 N–H and O–H groups in total. The van der Waals surface area contributed by atoms with Gasteiger partial charge in [0.15, 0.2) is 17.3 Å². The molecular formula is C11H20N6O. The van der Waals surface area contributed by atoms with Crippen molar-refractivity contribution in [1.82, 2.24) is 14.9 Å². The van der Waals surface area contributed by atoms with E-state index >= 15 is 0 Å². The second kappa shape index (κ2) is 6.75. The third-order valence-corrected chi connectivity index (χ3v) is 2.49. The predicted octanol–water partition coefficient (Wildman–Crippen LogP) is -0.0410. The van der Waals surface area contributed by atoms with Gasteiger partial charge in [0, 0.05) is 26.0 Å². The number of aromatic nitrogens is 2. The number of amidine groups is 1. The smallest absolute Gasteiger partial charge is 0.192 e. The molecule has 0 saturated heterocycles. The van der Waals surface area contributed by atoms with Gasteiger partial charge in [-0.1, -0.05) is 5.16 Å². The van der Waals surface area contributed by atoms with Gasteiger partial charge in [0.25, 0.3) is 0 Å². The first-order valence-corrected chi connectivity index (χ1v) is 5.71. The van der Waals surface area contributed by atoms with E-state index in [0.717, 1.165) is 19.5 Å². The Morgan fingerprint density at radius 2 is 1.94 bits per heavy atom. The molecule has 1 rings (SSSR count). The Labute approximate surface area is 107 Å². The maximum atomic E-state index is 8.71. The highest BCUT2D eigenvalue weighted by Crippen LogP contribution is 2.13. The number of hydrogen-bond acceptors (Lipinski definition) is 6. The molecule has 0 fully saturated rings. The third-order valence-electron chi connectivity index (χ3n) is 2.49. The van der Waals surface area contributed by atoms with E-state index in [9.17, 15) is 0 Å². The highest BCUT2D eigenvalue weighted by atomic mass is 16.4. The molecule has 0 aromatic carbocycles. The summed E-state index contributed by atoms with van der Waals surface area (Å²) in [6.07, 6.45) is 4.10. The molecular weight excluding hydrogens is 232 g/mol. The summed E-state index contributed by atoms with van der Waals surface area (Å²) in [5.41, 5.74) is 5.97. The maximum absolute atomic E-state index is 8.71. The Morgan fingerprint density at radius 3 is 2.56 bits per heavy atom. The second-order valence-electron chi connectivity index (χ2n) is 4.29. The van der Waals surface area contributed by atoms with Crippen molar-refractivity contribution in [3.63, 3.8) is 0 Å². The van der Waals surface area contributed by atoms with Crippen LogP contribution in [0, 0.1) is 0 Å². The number of anilines is 1. The molecule has 0 radical (unpaired) electrons. The molecule has 1 aromatic heterocycles. The van der Waals surface area contributed by atoms with Crippen LogP contribution in [0.15, 0.2) is 17.5 Å². The van der Waals surface area contributed by atoms with Crippen molar-refractivity contribution >= 4 is 11.7 Å². The minimum atomic E-state index is -0.0300. The van der Waals surface area contributed by atoms with Crippen LogP contribution in [0.1, 0.15) is 12.1 Å². The molecule has 0 aliphatic rings. The van der Waals surface area contributed by atoms with Crippen molar-refractivity contribution in [3.8, 4) is 0 Å². The van der Waals surface area contributed by atoms with E-state index in [1.54, 1.807) is 6.20 Å². The monoisotopic (exact) mass is 252 g/mol. The zero-order valence-corrected chi connectivity index (χ0v) is 11.0. The average Bonchev–Trinajstić information content (AvgIpc) is 2.37. The van der Waals surface area contributed by atoms with Crippen LogP contribution in [-0.2, 0) is 0 Å². The number of rotatable bonds is 6. The highest BCUT2D eigenvalue weighted by molar-refractivity contribution is 5.99. The van der Waals surface area contributed by atoms with Crippen molar-refractivity contribution < 1.29 is 5.21 Å². The van der Waals surface area contributed by atoms with Gasteiger partial charge in [0.05, 0.1) is 0 Å². The summed E-state index contributed by atoms with van der Waals surface area (Å²) in [5, 5.41) is 11.7. The Kier molecular flexibility index (Phi) is 5.31. The summed E-state index contributed by atoms with van der Waals surface area (Å²) in [6.45, 7) is 1.81. The van der Waals surface area contributed by atoms with E-state index in [2.05, 4.69) is 20.0 Å². The SMILES string of the molecule is CN(C)CCCN(C)c1nccnc1/C(N)=N/O. The van der Waals surface area contributed by atoms with Gasteiger partial charge in [0.1, 0.15) is 0 Å². The molecule has 1 heterocycles. The van der Waals surface area contributed by atoms with Crippen molar-refractivity contribution in [2.45, 2.75) is 6.42 Å². The fourth-order valence-corrected chi connectivity index (χ4v) is 1.57. The third kappa shape index (κ3) is 3.85. The molecule has 0 unspecified atom stereocenters. The van der Waals surface area contributed by atoms with Crippen molar-refractivity contribution in [2.24, 2.45) is 10.9 Å². The minimum Gasteiger partial charge on any atom is -0.409 e. The van der Waals surface area contributed by atoms with Gasteiger partial charge in [0.2, 0.25) is 0 Å². The van der Waals surface area contributed by atoms with E-state index < -0.39 is 0 Å². The lowest BCUT2D eigenvalue weighted by Gasteiger charge is -2.20. The molecule has 100 valence electrons. The van der Waals surface area contributed by atoms with Gasteiger partial charge in [-0.3, -0.25) is 0 Å². The van der Waals surface area contributed by atoms with Crippen LogP contribution in [0.2, 0.25) is 0 Å². The van der Waals surface area contributed by atoms with Gasteiger partial charge in [-0.05, 0) is 27.1 Å². The largest absolute Gasteiger partial charge is 0.409 e. The van der Waals surface area contributed by atoms with Crippen LogP contribution in [0.4, 0.5) is 5.82 Å². The quantitative estimate of drug-likeness (QED) is 0.319. The molecule has 0 atom stereocenters. The molecule has 7 nitrogen and oxygen atoms in total. The first-order valence-electron chi connectivity index (χ1n) is 5.71. The lowest BCUT2D eigenvalue weighted by molar-refractivity contribution is 0.318. The first-order chi connectivity index (χ1) is 8.56. The molecule has 0 aliphatic carbocycles. The van der Waals surface area contributed by atoms with Crippen molar-refractivity contribution in [1.29, 1.82) is 0 Å². The second-order valence-corrected chi connectivity index (χ2v) is 4.29. The van der Waals surface area contributed by atoms with Crippen LogP contribution in [0.25, 0.3) is 0 Å². The number of oxime groups is 1. The molecule has 0 bridgehead atoms. The van der Waals surface area contributed by atoms with Gasteiger partial charge in [-0.15, -0.1) is 0 Å². The Morgan fingerprint density at radius 1 is 1.28 bits per heavy atom. The Balaban J connectivity index is 2.76. The zero-order valence-electron chi connectivity index (χ0n) is 11.0. The molecule has 0 amide bonds. The van der Waals surface area contributed by atoms with Gasteiger partial charge in [-0.25, -0.2) is 9.97 Å². The number of nitrogens with zero attached hydrogens (tertiary/aromatic N) is 5. The van der Waals surface area contributed by atoms with Crippen LogP contribution < -0.4 is 10.6 Å². The summed E-state index contributed by atoms with van der Waals surface area (Å²) in [6, 6.07) is 0. The summed E-state index contributed by atoms with van der Waals surface area (Å²) in [4.78, 5) is 12.4. The minimum absolute atomic E-state index is 0.0300. The molecule has 7 heteroatoms. The topological polar surface area (TPSA) is 90.9 Å². The standard InChI is InChI=1S/C11H20N6O/c1-16(2)7-4-8-17(3)11-9(10(12)15-18)13-5-6-14-11/h5-6,18H,4,7-8H2,1-3H3,(H2,12,15). The van der Waals surface area contributed by atoms with Crippen molar-refractivity contribution in [3.05, 3.63) is 18.1 Å². The van der Waals surface area contributed by atoms with Crippen LogP contribution in [-0.4, -0.2) is 60.1 Å². The average molecular weight is 252 g/mol. The van der Waals surface area contributed by atoms with E-state index in [-0.39, 0.29) is 5.84 Å². The van der Waals surface area contributed by atoms with Gasteiger partial charge in [-0.2, -0.15) is 0 Å². The van der Waals surface area contributed by atoms with Crippen LogP contribution in [0.3, 0.4) is 0 Å². The molecule has 1 aromatic rings. The van der Waals surface area contributed by atoms with E-state index in [1.165, 1.54) is 6.20 Å². The fraction of sp³-hybridized carbons (Fsp3) is 0.545. The maximum Gasteiger partial charge on any atom is 0.192 e. The first kappa shape index (κ1) is 14.2. The van der Waals surface area contributed by atoms with Gasteiger partial charge < -0.3 is 20.7 Å². The number of hydrogen-bond donors (Lipinski definition) is 2. The number of nitrogens with two attached hydrogens (primary N) is 1. The van der Waals surface area contributed by atoms with E-state index in [1.807, 2.05) is 26.0 Å². The van der Waals surface area contributed by atoms with Crippen LogP contribution >= 0.6 is 0 Å². The summed E-state index contributed by atoms with van der Waals surface area (Å²) in [7, 11) is 5.97. The lowest BCUT2D eigenvalue weighted by Crippen LogP contribution is -2.27. The lowest BCUT2D eigenvalue weighted by atomic mass is 10.3. The summed E-state index contributed by atoms with van der Waals surface area (Å²) >= 11 is 0. The zero-order chi connectivity index (χ0) is 13.5. The fourth-order valence-electron chi connectivity index (χ4n) is 1.57. The summed E-state index contributed by atoms with van der Waals surface area (Å²) in [5.74, 6) is 0.587. The highest BCUT2D eigenvalue weighted by Gasteiger charge is 2.13. The summed E-state index contributed by atoms with van der Waals surface area (Å²) < 4.78 is 0. The molecule has 0 aliphatic heterocycles. The molecule has 0 saturated carbocycles. The van der Waals surface area contributed by atoms with Gasteiger partial charge >= 0.3 is 0 Å². The van der Waals surface area contributed by atoms with Crippen LogP contribution in [0.5, 0.6) is 0 Å². The van der Waals surface area contributed by atoms with E-state index in [4.69, 9.17) is 10.9 Å². The molecule has 0 spiro atoms.